The molecule has 2 N–H and O–H groups in total. The summed E-state index contributed by atoms with van der Waals surface area (Å²) in [6.45, 7) is 1.66. The van der Waals surface area contributed by atoms with E-state index >= 15 is 0 Å². The number of hydrogen-bond donors (Lipinski definition) is 2. The minimum absolute atomic E-state index is 0.0358. The first-order chi connectivity index (χ1) is 16.1. The molecule has 1 aromatic carbocycles. The highest BCUT2D eigenvalue weighted by molar-refractivity contribution is 5.84. The molecule has 0 bridgehead atoms. The molecule has 0 amide bonds. The molecular formula is C25H26F3N3O3. The summed E-state index contributed by atoms with van der Waals surface area (Å²) in [5, 5.41) is 12.8. The van der Waals surface area contributed by atoms with Gasteiger partial charge in [0.15, 0.2) is 0 Å². The molecular weight excluding hydrogens is 447 g/mol. The van der Waals surface area contributed by atoms with Crippen LogP contribution in [0.15, 0.2) is 54.4 Å². The lowest BCUT2D eigenvalue weighted by atomic mass is 9.76. The van der Waals surface area contributed by atoms with Crippen molar-refractivity contribution in [3.05, 3.63) is 65.7 Å². The molecule has 0 spiro atoms. The van der Waals surface area contributed by atoms with E-state index in [4.69, 9.17) is 4.74 Å². The predicted molar refractivity (Wildman–Crippen MR) is 121 cm³/mol. The van der Waals surface area contributed by atoms with E-state index in [-0.39, 0.29) is 18.5 Å². The monoisotopic (exact) mass is 473 g/mol. The van der Waals surface area contributed by atoms with Crippen LogP contribution >= 0.6 is 0 Å². The lowest BCUT2D eigenvalue weighted by Crippen LogP contribution is -2.35. The first-order valence-electron chi connectivity index (χ1n) is 11.2. The standard InChI is InChI=1S/C25H26F3N3O3/c1-24(22(32)33)15-17(10-11-21(24)34-19-8-3-2-4-9-19)16-6-5-7-18(14-16)30-23-29-13-12-20(31-23)25(26,27)28/h5-7,10-14,19H,2-4,8-9,15H2,1H3,(H,32,33)(H,29,30,31). The van der Waals surface area contributed by atoms with Gasteiger partial charge in [-0.25, -0.2) is 9.97 Å². The third kappa shape index (κ3) is 5.24. The van der Waals surface area contributed by atoms with Crippen molar-refractivity contribution >= 4 is 23.2 Å². The van der Waals surface area contributed by atoms with Gasteiger partial charge in [0.05, 0.1) is 6.10 Å². The van der Waals surface area contributed by atoms with E-state index in [1.807, 2.05) is 12.1 Å². The van der Waals surface area contributed by atoms with Gasteiger partial charge >= 0.3 is 12.1 Å². The van der Waals surface area contributed by atoms with Gasteiger partial charge in [-0.2, -0.15) is 13.2 Å². The summed E-state index contributed by atoms with van der Waals surface area (Å²) in [5.41, 5.74) is -0.228. The molecule has 0 radical (unpaired) electrons. The highest BCUT2D eigenvalue weighted by Gasteiger charge is 2.42. The molecule has 1 atom stereocenters. The van der Waals surface area contributed by atoms with Gasteiger partial charge in [-0.3, -0.25) is 4.79 Å². The number of aliphatic carboxylic acids is 1. The van der Waals surface area contributed by atoms with E-state index in [9.17, 15) is 23.1 Å². The number of ether oxygens (including phenoxy) is 1. The van der Waals surface area contributed by atoms with Crippen LogP contribution in [-0.2, 0) is 15.7 Å². The smallest absolute Gasteiger partial charge is 0.433 e. The number of nitrogens with zero attached hydrogens (tertiary/aromatic N) is 2. The molecule has 2 aliphatic rings. The second-order valence-corrected chi connectivity index (χ2v) is 8.88. The summed E-state index contributed by atoms with van der Waals surface area (Å²) >= 11 is 0. The second-order valence-electron chi connectivity index (χ2n) is 8.88. The second kappa shape index (κ2) is 9.48. The molecule has 2 aromatic rings. The average molecular weight is 473 g/mol. The highest BCUT2D eigenvalue weighted by Crippen LogP contribution is 2.43. The number of nitrogens with one attached hydrogen (secondary N) is 1. The largest absolute Gasteiger partial charge is 0.494 e. The van der Waals surface area contributed by atoms with Crippen molar-refractivity contribution in [2.45, 2.75) is 57.7 Å². The number of carboxylic acid groups (broad SMARTS) is 1. The first-order valence-corrected chi connectivity index (χ1v) is 11.2. The van der Waals surface area contributed by atoms with Gasteiger partial charge < -0.3 is 15.2 Å². The van der Waals surface area contributed by atoms with Crippen LogP contribution < -0.4 is 5.32 Å². The Morgan fingerprint density at radius 2 is 1.94 bits per heavy atom. The van der Waals surface area contributed by atoms with Crippen molar-refractivity contribution in [3.63, 3.8) is 0 Å². The van der Waals surface area contributed by atoms with E-state index in [0.29, 0.717) is 11.4 Å². The van der Waals surface area contributed by atoms with E-state index in [1.165, 1.54) is 6.42 Å². The lowest BCUT2D eigenvalue weighted by Gasteiger charge is -2.35. The van der Waals surface area contributed by atoms with Gasteiger partial charge in [-0.05, 0) is 74.4 Å². The van der Waals surface area contributed by atoms with E-state index < -0.39 is 23.3 Å². The van der Waals surface area contributed by atoms with Crippen molar-refractivity contribution in [3.8, 4) is 0 Å². The van der Waals surface area contributed by atoms with Gasteiger partial charge in [-0.1, -0.05) is 24.6 Å². The van der Waals surface area contributed by atoms with Crippen molar-refractivity contribution in [1.82, 2.24) is 9.97 Å². The SMILES string of the molecule is CC1(C(=O)O)CC(c2cccc(Nc3nccc(C(F)(F)F)n3)c2)=CC=C1OC1CCCCC1. The van der Waals surface area contributed by atoms with Crippen LogP contribution in [0.4, 0.5) is 24.8 Å². The van der Waals surface area contributed by atoms with Crippen molar-refractivity contribution < 1.29 is 27.8 Å². The number of anilines is 2. The van der Waals surface area contributed by atoms with Crippen LogP contribution in [0, 0.1) is 5.41 Å². The summed E-state index contributed by atoms with van der Waals surface area (Å²) in [7, 11) is 0. The van der Waals surface area contributed by atoms with Crippen LogP contribution in [0.3, 0.4) is 0 Å². The fraction of sp³-hybridized carbons (Fsp3) is 0.400. The predicted octanol–water partition coefficient (Wildman–Crippen LogP) is 6.35. The Bertz CT molecular complexity index is 1120. The molecule has 0 saturated heterocycles. The average Bonchev–Trinajstić information content (AvgIpc) is 2.81. The Morgan fingerprint density at radius 3 is 2.65 bits per heavy atom. The maximum Gasteiger partial charge on any atom is 0.433 e. The zero-order valence-electron chi connectivity index (χ0n) is 18.7. The molecule has 4 rings (SSSR count). The number of halogens is 3. The number of carbonyl (C=O) groups is 1. The van der Waals surface area contributed by atoms with E-state index in [0.717, 1.165) is 49.1 Å². The van der Waals surface area contributed by atoms with Crippen molar-refractivity contribution in [2.75, 3.05) is 5.32 Å². The maximum atomic E-state index is 12.9. The van der Waals surface area contributed by atoms with Crippen LogP contribution in [0.1, 0.15) is 56.7 Å². The number of rotatable bonds is 6. The zero-order valence-corrected chi connectivity index (χ0v) is 18.7. The Labute approximate surface area is 195 Å². The van der Waals surface area contributed by atoms with E-state index in [2.05, 4.69) is 15.3 Å². The van der Waals surface area contributed by atoms with Gasteiger partial charge in [-0.15, -0.1) is 0 Å². The third-order valence-electron chi connectivity index (χ3n) is 6.28. The van der Waals surface area contributed by atoms with Gasteiger partial charge in [0.25, 0.3) is 0 Å². The Kier molecular flexibility index (Phi) is 6.63. The molecule has 180 valence electrons. The highest BCUT2D eigenvalue weighted by atomic mass is 19.4. The molecule has 34 heavy (non-hydrogen) atoms. The Hall–Kier alpha value is -3.36. The number of carboxylic acids is 1. The summed E-state index contributed by atoms with van der Waals surface area (Å²) in [4.78, 5) is 19.6. The molecule has 1 fully saturated rings. The van der Waals surface area contributed by atoms with Crippen LogP contribution in [0.25, 0.3) is 5.57 Å². The first kappa shape index (κ1) is 23.8. The third-order valence-corrected chi connectivity index (χ3v) is 6.28. The quantitative estimate of drug-likeness (QED) is 0.509. The number of allylic oxidation sites excluding steroid dienone is 3. The van der Waals surface area contributed by atoms with Crippen molar-refractivity contribution in [2.24, 2.45) is 5.41 Å². The minimum atomic E-state index is -4.57. The molecule has 9 heteroatoms. The molecule has 6 nitrogen and oxygen atoms in total. The summed E-state index contributed by atoms with van der Waals surface area (Å²) in [6.07, 6.45) is 5.51. The molecule has 1 aromatic heterocycles. The molecule has 0 aliphatic heterocycles. The summed E-state index contributed by atoms with van der Waals surface area (Å²) in [6, 6.07) is 7.79. The molecule has 2 aliphatic carbocycles. The maximum absolute atomic E-state index is 12.9. The molecule has 1 saturated carbocycles. The van der Waals surface area contributed by atoms with Crippen LogP contribution in [0.5, 0.6) is 0 Å². The minimum Gasteiger partial charge on any atom is -0.494 e. The lowest BCUT2D eigenvalue weighted by molar-refractivity contribution is -0.148. The topological polar surface area (TPSA) is 84.3 Å². The van der Waals surface area contributed by atoms with Crippen LogP contribution in [-0.4, -0.2) is 27.1 Å². The molecule has 1 unspecified atom stereocenters. The van der Waals surface area contributed by atoms with Gasteiger partial charge in [0.2, 0.25) is 5.95 Å². The van der Waals surface area contributed by atoms with Crippen molar-refractivity contribution in [1.29, 1.82) is 0 Å². The van der Waals surface area contributed by atoms with Crippen LogP contribution in [0.2, 0.25) is 0 Å². The Morgan fingerprint density at radius 1 is 1.18 bits per heavy atom. The summed E-state index contributed by atoms with van der Waals surface area (Å²) < 4.78 is 45.0. The number of hydrogen-bond acceptors (Lipinski definition) is 5. The van der Waals surface area contributed by atoms with Gasteiger partial charge in [0, 0.05) is 11.9 Å². The van der Waals surface area contributed by atoms with Gasteiger partial charge in [0.1, 0.15) is 16.9 Å². The number of alkyl halides is 3. The normalized spacial score (nSPS) is 21.4. The number of aromatic nitrogens is 2. The zero-order chi connectivity index (χ0) is 24.3. The Balaban J connectivity index is 1.57. The fourth-order valence-electron chi connectivity index (χ4n) is 4.30. The fourth-order valence-corrected chi connectivity index (χ4v) is 4.30. The summed E-state index contributed by atoms with van der Waals surface area (Å²) in [5.74, 6) is -0.683. The number of benzene rings is 1. The van der Waals surface area contributed by atoms with E-state index in [1.54, 1.807) is 31.2 Å². The molecule has 1 heterocycles.